The number of hydrogen-bond acceptors (Lipinski definition) is 8. The molecule has 0 aromatic rings. The zero-order chi connectivity index (χ0) is 25.7. The fraction of sp³-hybridized carbons (Fsp3) is 0.923. The van der Waals surface area contributed by atoms with Crippen molar-refractivity contribution in [3.05, 3.63) is 12.7 Å². The van der Waals surface area contributed by atoms with Crippen LogP contribution in [0, 0.1) is 22.7 Å². The van der Waals surface area contributed by atoms with Crippen LogP contribution in [0.5, 0.6) is 0 Å². The second-order valence-corrected chi connectivity index (χ2v) is 12.3. The van der Waals surface area contributed by atoms with E-state index in [2.05, 4.69) is 27.4 Å². The molecule has 198 valence electrons. The molecule has 0 aromatic heterocycles. The molecule has 8 heteroatoms. The van der Waals surface area contributed by atoms with E-state index in [1.54, 1.807) is 13.0 Å². The molecular weight excluding hydrogens is 440 g/mol. The Hall–Kier alpha value is -0.580. The zero-order valence-corrected chi connectivity index (χ0v) is 21.4. The van der Waals surface area contributed by atoms with E-state index in [1.807, 2.05) is 6.92 Å². The third-order valence-corrected chi connectivity index (χ3v) is 9.48. The van der Waals surface area contributed by atoms with Crippen LogP contribution in [0.1, 0.15) is 73.1 Å². The summed E-state index contributed by atoms with van der Waals surface area (Å²) in [6.07, 6.45) is -1.10. The van der Waals surface area contributed by atoms with Gasteiger partial charge in [0.05, 0.1) is 23.9 Å². The van der Waals surface area contributed by atoms with Crippen molar-refractivity contribution < 1.29 is 40.1 Å². The second kappa shape index (κ2) is 9.71. The van der Waals surface area contributed by atoms with E-state index in [4.69, 9.17) is 9.47 Å². The van der Waals surface area contributed by atoms with Crippen molar-refractivity contribution in [2.45, 2.75) is 121 Å². The summed E-state index contributed by atoms with van der Waals surface area (Å²) in [4.78, 5) is 0. The number of hydrogen-bond donors (Lipinski definition) is 6. The first kappa shape index (κ1) is 28.0. The summed E-state index contributed by atoms with van der Waals surface area (Å²) in [6.45, 7) is 13.4. The highest BCUT2D eigenvalue weighted by atomic mass is 16.7. The number of aliphatic hydroxyl groups excluding tert-OH is 4. The van der Waals surface area contributed by atoms with Gasteiger partial charge in [0.15, 0.2) is 6.29 Å². The van der Waals surface area contributed by atoms with E-state index in [1.165, 1.54) is 0 Å². The van der Waals surface area contributed by atoms with Crippen LogP contribution in [0.15, 0.2) is 12.7 Å². The van der Waals surface area contributed by atoms with E-state index < -0.39 is 48.5 Å². The largest absolute Gasteiger partial charge is 0.394 e. The molecule has 3 fully saturated rings. The SMILES string of the molecule is C=CC(C)(O)CCC1C(C)(O)CCC2C(C)(C)C(OC3OC(CO)C(O)C(O)C3O)CCC12C. The Morgan fingerprint density at radius 3 is 2.29 bits per heavy atom. The van der Waals surface area contributed by atoms with Gasteiger partial charge in [-0.15, -0.1) is 6.58 Å². The van der Waals surface area contributed by atoms with Crippen LogP contribution in [0.4, 0.5) is 0 Å². The Balaban J connectivity index is 1.81. The number of aliphatic hydroxyl groups is 6. The van der Waals surface area contributed by atoms with E-state index in [0.29, 0.717) is 25.7 Å². The molecule has 1 saturated heterocycles. The normalized spacial score (nSPS) is 48.6. The van der Waals surface area contributed by atoms with Crippen LogP contribution in [0.3, 0.4) is 0 Å². The smallest absolute Gasteiger partial charge is 0.186 e. The molecule has 0 amide bonds. The molecule has 11 unspecified atom stereocenters. The Labute approximate surface area is 203 Å². The second-order valence-electron chi connectivity index (χ2n) is 12.3. The molecule has 0 bridgehead atoms. The van der Waals surface area contributed by atoms with Gasteiger partial charge in [0.2, 0.25) is 0 Å². The number of fused-ring (bicyclic) bond motifs is 1. The van der Waals surface area contributed by atoms with Crippen molar-refractivity contribution in [1.29, 1.82) is 0 Å². The Morgan fingerprint density at radius 2 is 1.71 bits per heavy atom. The van der Waals surface area contributed by atoms with Gasteiger partial charge in [0.1, 0.15) is 24.4 Å². The van der Waals surface area contributed by atoms with Crippen molar-refractivity contribution in [1.82, 2.24) is 0 Å². The lowest BCUT2D eigenvalue weighted by molar-refractivity contribution is -0.329. The maximum atomic E-state index is 11.4. The van der Waals surface area contributed by atoms with Crippen molar-refractivity contribution in [3.63, 3.8) is 0 Å². The average molecular weight is 487 g/mol. The standard InChI is InChI=1S/C26H46O8/c1-7-24(4,31)11-8-17-25(5)12-10-18(23(2,3)16(25)9-13-26(17,6)32)34-22-21(30)20(29)19(28)15(14-27)33-22/h7,15-22,27-32H,1,8-14H2,2-6H3. The molecule has 0 radical (unpaired) electrons. The first-order chi connectivity index (χ1) is 15.6. The molecule has 0 spiro atoms. The monoisotopic (exact) mass is 486 g/mol. The van der Waals surface area contributed by atoms with Gasteiger partial charge in [-0.3, -0.25) is 0 Å². The predicted octanol–water partition coefficient (Wildman–Crippen LogP) is 1.49. The lowest BCUT2D eigenvalue weighted by Crippen LogP contribution is -2.63. The van der Waals surface area contributed by atoms with Gasteiger partial charge in [0.25, 0.3) is 0 Å². The Morgan fingerprint density at radius 1 is 1.06 bits per heavy atom. The molecule has 34 heavy (non-hydrogen) atoms. The molecule has 1 heterocycles. The van der Waals surface area contributed by atoms with E-state index in [-0.39, 0.29) is 28.8 Å². The molecule has 2 aliphatic carbocycles. The molecule has 1 aliphatic heterocycles. The molecule has 11 atom stereocenters. The highest BCUT2D eigenvalue weighted by Gasteiger charge is 2.61. The van der Waals surface area contributed by atoms with Gasteiger partial charge in [-0.25, -0.2) is 0 Å². The molecule has 3 aliphatic rings. The maximum absolute atomic E-state index is 11.4. The Kier molecular flexibility index (Phi) is 7.99. The zero-order valence-electron chi connectivity index (χ0n) is 21.4. The average Bonchev–Trinajstić information content (AvgIpc) is 2.74. The van der Waals surface area contributed by atoms with Crippen molar-refractivity contribution in [3.8, 4) is 0 Å². The molecule has 3 rings (SSSR count). The minimum absolute atomic E-state index is 0.0161. The van der Waals surface area contributed by atoms with E-state index in [9.17, 15) is 30.6 Å². The summed E-state index contributed by atoms with van der Waals surface area (Å²) in [5, 5.41) is 62.1. The van der Waals surface area contributed by atoms with Crippen LogP contribution in [0.2, 0.25) is 0 Å². The van der Waals surface area contributed by atoms with Crippen molar-refractivity contribution >= 4 is 0 Å². The van der Waals surface area contributed by atoms with Gasteiger partial charge in [-0.05, 0) is 75.0 Å². The first-order valence-electron chi connectivity index (χ1n) is 12.6. The van der Waals surface area contributed by atoms with Gasteiger partial charge < -0.3 is 40.1 Å². The molecule has 2 saturated carbocycles. The van der Waals surface area contributed by atoms with Crippen LogP contribution in [-0.2, 0) is 9.47 Å². The van der Waals surface area contributed by atoms with E-state index in [0.717, 1.165) is 12.8 Å². The summed E-state index contributed by atoms with van der Waals surface area (Å²) in [6, 6.07) is 0. The van der Waals surface area contributed by atoms with Crippen LogP contribution in [-0.4, -0.2) is 85.3 Å². The molecule has 6 N–H and O–H groups in total. The highest BCUT2D eigenvalue weighted by molar-refractivity contribution is 5.10. The van der Waals surface area contributed by atoms with Crippen LogP contribution in [0.25, 0.3) is 0 Å². The highest BCUT2D eigenvalue weighted by Crippen LogP contribution is 2.63. The van der Waals surface area contributed by atoms with Gasteiger partial charge in [-0.2, -0.15) is 0 Å². The van der Waals surface area contributed by atoms with Crippen molar-refractivity contribution in [2.75, 3.05) is 6.61 Å². The predicted molar refractivity (Wildman–Crippen MR) is 127 cm³/mol. The fourth-order valence-electron chi connectivity index (χ4n) is 7.27. The molecule has 8 nitrogen and oxygen atoms in total. The summed E-state index contributed by atoms with van der Waals surface area (Å²) in [5.74, 6) is 0.195. The third-order valence-electron chi connectivity index (χ3n) is 9.48. The minimum atomic E-state index is -1.47. The van der Waals surface area contributed by atoms with Crippen LogP contribution < -0.4 is 0 Å². The number of rotatable bonds is 7. The third kappa shape index (κ3) is 4.98. The van der Waals surface area contributed by atoms with E-state index >= 15 is 0 Å². The fourth-order valence-corrected chi connectivity index (χ4v) is 7.27. The molecular formula is C26H46O8. The summed E-state index contributed by atoms with van der Waals surface area (Å²) >= 11 is 0. The Bertz CT molecular complexity index is 720. The number of ether oxygens (including phenoxy) is 2. The maximum Gasteiger partial charge on any atom is 0.186 e. The lowest BCUT2D eigenvalue weighted by Gasteiger charge is -2.63. The lowest BCUT2D eigenvalue weighted by atomic mass is 9.44. The molecule has 0 aromatic carbocycles. The first-order valence-corrected chi connectivity index (χ1v) is 12.6. The van der Waals surface area contributed by atoms with Gasteiger partial charge in [-0.1, -0.05) is 26.8 Å². The minimum Gasteiger partial charge on any atom is -0.394 e. The van der Waals surface area contributed by atoms with Gasteiger partial charge >= 0.3 is 0 Å². The van der Waals surface area contributed by atoms with Crippen LogP contribution >= 0.6 is 0 Å². The topological polar surface area (TPSA) is 140 Å². The summed E-state index contributed by atoms with van der Waals surface area (Å²) in [7, 11) is 0. The van der Waals surface area contributed by atoms with Crippen molar-refractivity contribution in [2.24, 2.45) is 22.7 Å². The summed E-state index contributed by atoms with van der Waals surface area (Å²) in [5.41, 5.74) is -2.35. The quantitative estimate of drug-likeness (QED) is 0.235. The summed E-state index contributed by atoms with van der Waals surface area (Å²) < 4.78 is 11.9. The van der Waals surface area contributed by atoms with Gasteiger partial charge in [0, 0.05) is 0 Å².